The van der Waals surface area contributed by atoms with Gasteiger partial charge in [-0.15, -0.1) is 0 Å². The number of phenols is 1. The van der Waals surface area contributed by atoms with Crippen LogP contribution in [-0.2, 0) is 0 Å². The Kier molecular flexibility index (Phi) is 3.52. The lowest BCUT2D eigenvalue weighted by Crippen LogP contribution is -1.93. The van der Waals surface area contributed by atoms with Crippen molar-refractivity contribution in [1.29, 1.82) is 0 Å². The highest BCUT2D eigenvalue weighted by Crippen LogP contribution is 2.31. The third kappa shape index (κ3) is 3.11. The highest BCUT2D eigenvalue weighted by atomic mass is 35.5. The minimum atomic E-state index is -0.596. The molecule has 19 heavy (non-hydrogen) atoms. The van der Waals surface area contributed by atoms with Crippen LogP contribution >= 0.6 is 11.6 Å². The summed E-state index contributed by atoms with van der Waals surface area (Å²) in [6.45, 7) is 1.79. The van der Waals surface area contributed by atoms with Crippen molar-refractivity contribution in [3.63, 3.8) is 0 Å². The predicted octanol–water partition coefficient (Wildman–Crippen LogP) is 3.45. The Bertz CT molecular complexity index is 625. The smallest absolute Gasteiger partial charge is 0.289 e. The maximum Gasteiger partial charge on any atom is 0.289 e. The summed E-state index contributed by atoms with van der Waals surface area (Å²) in [5.41, 5.74) is 0.581. The number of hydrogen-bond acceptors (Lipinski definition) is 5. The number of ether oxygens (including phenoxy) is 1. The number of rotatable bonds is 3. The van der Waals surface area contributed by atoms with E-state index >= 15 is 0 Å². The van der Waals surface area contributed by atoms with Crippen LogP contribution in [0.5, 0.6) is 17.4 Å². The lowest BCUT2D eigenvalue weighted by molar-refractivity contribution is -0.385. The highest BCUT2D eigenvalue weighted by Gasteiger charge is 2.12. The fraction of sp³-hybridized carbons (Fsp3) is 0.0833. The van der Waals surface area contributed by atoms with E-state index in [4.69, 9.17) is 16.3 Å². The molecule has 0 aliphatic rings. The van der Waals surface area contributed by atoms with Gasteiger partial charge in [0.1, 0.15) is 22.7 Å². The van der Waals surface area contributed by atoms with E-state index in [1.807, 2.05) is 0 Å². The van der Waals surface area contributed by atoms with Crippen molar-refractivity contribution >= 4 is 17.3 Å². The number of aryl methyl sites for hydroxylation is 1. The van der Waals surface area contributed by atoms with Gasteiger partial charge < -0.3 is 9.84 Å². The number of benzene rings is 1. The van der Waals surface area contributed by atoms with Crippen LogP contribution in [0.4, 0.5) is 5.69 Å². The van der Waals surface area contributed by atoms with Crippen molar-refractivity contribution in [2.45, 2.75) is 6.92 Å². The summed E-state index contributed by atoms with van der Waals surface area (Å²) in [5, 5.41) is 20.0. The molecular formula is C12H9ClN2O4. The normalized spacial score (nSPS) is 10.2. The molecule has 0 fully saturated rings. The second-order valence-corrected chi connectivity index (χ2v) is 4.25. The van der Waals surface area contributed by atoms with Gasteiger partial charge in [0.2, 0.25) is 5.88 Å². The van der Waals surface area contributed by atoms with Gasteiger partial charge in [0.25, 0.3) is 5.69 Å². The summed E-state index contributed by atoms with van der Waals surface area (Å²) < 4.78 is 5.38. The molecule has 0 bridgehead atoms. The topological polar surface area (TPSA) is 85.5 Å². The minimum Gasteiger partial charge on any atom is -0.508 e. The molecule has 98 valence electrons. The molecule has 0 unspecified atom stereocenters. The molecule has 0 spiro atoms. The summed E-state index contributed by atoms with van der Waals surface area (Å²) in [6, 6.07) is 5.79. The number of aromatic hydroxyl groups is 1. The quantitative estimate of drug-likeness (QED) is 0.687. The van der Waals surface area contributed by atoms with Crippen molar-refractivity contribution < 1.29 is 14.8 Å². The van der Waals surface area contributed by atoms with Gasteiger partial charge in [-0.25, -0.2) is 4.98 Å². The average molecular weight is 281 g/mol. The van der Waals surface area contributed by atoms with Crippen LogP contribution in [0.1, 0.15) is 5.56 Å². The molecule has 0 aliphatic heterocycles. The van der Waals surface area contributed by atoms with Gasteiger partial charge in [-0.2, -0.15) is 0 Å². The van der Waals surface area contributed by atoms with Crippen molar-refractivity contribution in [3.05, 3.63) is 51.2 Å². The standard InChI is InChI=1S/C12H9ClN2O4/c1-7-2-9(16)5-10(3-7)19-12-11(13)4-8(6-14-12)15(17)18/h2-6,16H,1H3. The van der Waals surface area contributed by atoms with E-state index in [1.54, 1.807) is 19.1 Å². The van der Waals surface area contributed by atoms with E-state index in [1.165, 1.54) is 6.07 Å². The maximum atomic E-state index is 10.5. The lowest BCUT2D eigenvalue weighted by atomic mass is 10.2. The zero-order chi connectivity index (χ0) is 14.0. The summed E-state index contributed by atoms with van der Waals surface area (Å²) in [5.74, 6) is 0.436. The Labute approximate surface area is 113 Å². The van der Waals surface area contributed by atoms with Gasteiger partial charge in [0.05, 0.1) is 4.92 Å². The molecular weight excluding hydrogens is 272 g/mol. The molecule has 7 heteroatoms. The van der Waals surface area contributed by atoms with E-state index in [9.17, 15) is 15.2 Å². The third-order valence-electron chi connectivity index (χ3n) is 2.25. The Hall–Kier alpha value is -2.34. The predicted molar refractivity (Wildman–Crippen MR) is 68.8 cm³/mol. The Morgan fingerprint density at radius 2 is 2.11 bits per heavy atom. The number of aromatic nitrogens is 1. The Balaban J connectivity index is 2.30. The fourth-order valence-corrected chi connectivity index (χ4v) is 1.69. The Morgan fingerprint density at radius 1 is 1.37 bits per heavy atom. The first-order valence-electron chi connectivity index (χ1n) is 5.24. The monoisotopic (exact) mass is 280 g/mol. The molecule has 0 saturated carbocycles. The van der Waals surface area contributed by atoms with Crippen molar-refractivity contribution in [2.75, 3.05) is 0 Å². The van der Waals surface area contributed by atoms with E-state index in [0.717, 1.165) is 17.8 Å². The van der Waals surface area contributed by atoms with Gasteiger partial charge in [-0.1, -0.05) is 11.6 Å². The summed E-state index contributed by atoms with van der Waals surface area (Å²) in [4.78, 5) is 13.7. The Morgan fingerprint density at radius 3 is 2.68 bits per heavy atom. The molecule has 1 N–H and O–H groups in total. The second-order valence-electron chi connectivity index (χ2n) is 3.84. The zero-order valence-electron chi connectivity index (χ0n) is 9.83. The van der Waals surface area contributed by atoms with Gasteiger partial charge in [-0.05, 0) is 24.6 Å². The number of nitro groups is 1. The molecule has 0 amide bonds. The first kappa shape index (κ1) is 13.1. The minimum absolute atomic E-state index is 0.0233. The molecule has 1 aromatic heterocycles. The van der Waals surface area contributed by atoms with Crippen LogP contribution in [0.25, 0.3) is 0 Å². The van der Waals surface area contributed by atoms with E-state index in [0.29, 0.717) is 5.75 Å². The molecule has 1 aromatic carbocycles. The molecule has 1 heterocycles. The van der Waals surface area contributed by atoms with Gasteiger partial charge >= 0.3 is 0 Å². The average Bonchev–Trinajstić information content (AvgIpc) is 2.30. The molecule has 0 atom stereocenters. The SMILES string of the molecule is Cc1cc(O)cc(Oc2ncc([N+](=O)[O-])cc2Cl)c1. The van der Waals surface area contributed by atoms with Gasteiger partial charge in [0, 0.05) is 12.1 Å². The first-order valence-corrected chi connectivity index (χ1v) is 5.62. The number of pyridine rings is 1. The molecule has 0 radical (unpaired) electrons. The molecule has 0 aliphatic carbocycles. The van der Waals surface area contributed by atoms with Gasteiger partial charge in [0.15, 0.2) is 0 Å². The molecule has 6 nitrogen and oxygen atoms in total. The van der Waals surface area contributed by atoms with Crippen LogP contribution in [-0.4, -0.2) is 15.0 Å². The van der Waals surface area contributed by atoms with Crippen LogP contribution in [0.3, 0.4) is 0 Å². The fourth-order valence-electron chi connectivity index (χ4n) is 1.49. The number of phenolic OH excluding ortho intramolecular Hbond substituents is 1. The number of nitrogens with zero attached hydrogens (tertiary/aromatic N) is 2. The van der Waals surface area contributed by atoms with Crippen LogP contribution in [0.15, 0.2) is 30.5 Å². The summed E-state index contributed by atoms with van der Waals surface area (Å²) in [7, 11) is 0. The van der Waals surface area contributed by atoms with Crippen LogP contribution < -0.4 is 4.74 Å². The van der Waals surface area contributed by atoms with Crippen molar-refractivity contribution in [1.82, 2.24) is 4.98 Å². The first-order chi connectivity index (χ1) is 8.95. The lowest BCUT2D eigenvalue weighted by Gasteiger charge is -2.07. The van der Waals surface area contributed by atoms with Crippen LogP contribution in [0, 0.1) is 17.0 Å². The highest BCUT2D eigenvalue weighted by molar-refractivity contribution is 6.32. The third-order valence-corrected chi connectivity index (χ3v) is 2.52. The molecule has 0 saturated heterocycles. The number of hydrogen-bond donors (Lipinski definition) is 1. The summed E-state index contributed by atoms with van der Waals surface area (Å²) >= 11 is 5.85. The van der Waals surface area contributed by atoms with Crippen molar-refractivity contribution in [3.8, 4) is 17.4 Å². The van der Waals surface area contributed by atoms with Crippen molar-refractivity contribution in [2.24, 2.45) is 0 Å². The zero-order valence-corrected chi connectivity index (χ0v) is 10.6. The maximum absolute atomic E-state index is 10.5. The van der Waals surface area contributed by atoms with E-state index in [2.05, 4.69) is 4.98 Å². The number of halogens is 1. The second kappa shape index (κ2) is 5.11. The van der Waals surface area contributed by atoms with Crippen LogP contribution in [0.2, 0.25) is 5.02 Å². The van der Waals surface area contributed by atoms with E-state index in [-0.39, 0.29) is 22.3 Å². The van der Waals surface area contributed by atoms with Gasteiger partial charge in [-0.3, -0.25) is 10.1 Å². The largest absolute Gasteiger partial charge is 0.508 e. The summed E-state index contributed by atoms with van der Waals surface area (Å²) in [6.07, 6.45) is 1.05. The van der Waals surface area contributed by atoms with E-state index < -0.39 is 4.92 Å². The molecule has 2 rings (SSSR count). The molecule has 2 aromatic rings.